The SMILES string of the molecule is C[C@@H]1CC2OC(=O)[C@@]3(C)CCC[C@@](C)(C23)[C@@]12CC[C@]1(C=COC1)O2. The molecule has 0 radical (unpaired) electrons. The Bertz CT molecular complexity index is 629. The largest absolute Gasteiger partial charge is 0.498 e. The summed E-state index contributed by atoms with van der Waals surface area (Å²) in [6.07, 6.45) is 10.2. The van der Waals surface area contributed by atoms with E-state index in [2.05, 4.69) is 26.8 Å². The molecule has 0 bridgehead atoms. The molecule has 0 N–H and O–H groups in total. The average Bonchev–Trinajstić information content (AvgIpc) is 3.20. The second kappa shape index (κ2) is 4.38. The van der Waals surface area contributed by atoms with E-state index in [4.69, 9.17) is 14.2 Å². The molecule has 4 heteroatoms. The molecule has 0 amide bonds. The fourth-order valence-corrected chi connectivity index (χ4v) is 7.23. The maximum atomic E-state index is 12.7. The van der Waals surface area contributed by atoms with E-state index in [1.54, 1.807) is 6.26 Å². The van der Waals surface area contributed by atoms with Crippen LogP contribution in [0.5, 0.6) is 0 Å². The molecule has 3 aliphatic heterocycles. The lowest BCUT2D eigenvalue weighted by Crippen LogP contribution is -2.65. The third kappa shape index (κ3) is 1.53. The van der Waals surface area contributed by atoms with Crippen LogP contribution in [-0.2, 0) is 19.0 Å². The minimum absolute atomic E-state index is 0.00553. The number of carbonyl (C=O) groups excluding carboxylic acids is 1. The Balaban J connectivity index is 1.62. The average molecular weight is 332 g/mol. The molecule has 0 aromatic rings. The summed E-state index contributed by atoms with van der Waals surface area (Å²) in [4.78, 5) is 12.7. The highest BCUT2D eigenvalue weighted by Gasteiger charge is 2.74. The highest BCUT2D eigenvalue weighted by molar-refractivity contribution is 5.80. The van der Waals surface area contributed by atoms with E-state index in [1.807, 2.05) is 0 Å². The lowest BCUT2D eigenvalue weighted by Gasteiger charge is -2.62. The van der Waals surface area contributed by atoms with Gasteiger partial charge in [-0.1, -0.05) is 20.3 Å². The normalized spacial score (nSPS) is 58.1. The zero-order valence-corrected chi connectivity index (χ0v) is 15.0. The number of rotatable bonds is 0. The molecule has 7 atom stereocenters. The van der Waals surface area contributed by atoms with Gasteiger partial charge in [0.05, 0.1) is 17.3 Å². The predicted octanol–water partition coefficient (Wildman–Crippen LogP) is 3.60. The third-order valence-corrected chi connectivity index (χ3v) is 8.31. The van der Waals surface area contributed by atoms with E-state index in [9.17, 15) is 4.79 Å². The summed E-state index contributed by atoms with van der Waals surface area (Å²) in [5, 5.41) is 0. The number of carbonyl (C=O) groups is 1. The maximum Gasteiger partial charge on any atom is 0.312 e. The van der Waals surface area contributed by atoms with Gasteiger partial charge in [0.2, 0.25) is 0 Å². The van der Waals surface area contributed by atoms with Gasteiger partial charge in [-0.05, 0) is 51.0 Å². The summed E-state index contributed by atoms with van der Waals surface area (Å²) in [7, 11) is 0. The van der Waals surface area contributed by atoms with E-state index in [-0.39, 0.29) is 40.0 Å². The van der Waals surface area contributed by atoms with Crippen LogP contribution in [-0.4, -0.2) is 29.9 Å². The van der Waals surface area contributed by atoms with Crippen molar-refractivity contribution in [2.75, 3.05) is 6.61 Å². The summed E-state index contributed by atoms with van der Waals surface area (Å²) in [5.74, 6) is 0.707. The standard InChI is InChI=1S/C20H28O4/c1-13-11-14-15-17(2,16(21)23-14)5-4-6-18(15,3)20(13)8-7-19(24-20)9-10-22-12-19/h9-10,13-15H,4-8,11-12H2,1-3H3/t13-,14?,15?,17+,18+,19-,20-/m1/s1. The molecular formula is C20H28O4. The second-order valence-corrected chi connectivity index (χ2v) is 9.42. The Morgan fingerprint density at radius 2 is 2.00 bits per heavy atom. The number of hydrogen-bond donors (Lipinski definition) is 0. The molecule has 2 spiro atoms. The summed E-state index contributed by atoms with van der Waals surface area (Å²) < 4.78 is 18.4. The molecule has 4 nitrogen and oxygen atoms in total. The van der Waals surface area contributed by atoms with E-state index in [0.717, 1.165) is 38.5 Å². The van der Waals surface area contributed by atoms with Crippen LogP contribution in [0.4, 0.5) is 0 Å². The Hall–Kier alpha value is -1.03. The second-order valence-electron chi connectivity index (χ2n) is 9.42. The molecule has 2 aliphatic carbocycles. The van der Waals surface area contributed by atoms with Crippen molar-refractivity contribution in [3.8, 4) is 0 Å². The first-order chi connectivity index (χ1) is 11.4. The zero-order chi connectivity index (χ0) is 16.8. The summed E-state index contributed by atoms with van der Waals surface area (Å²) in [6, 6.07) is 0. The van der Waals surface area contributed by atoms with Crippen molar-refractivity contribution in [1.82, 2.24) is 0 Å². The molecule has 2 unspecified atom stereocenters. The van der Waals surface area contributed by atoms with Gasteiger partial charge >= 0.3 is 5.97 Å². The molecule has 132 valence electrons. The maximum absolute atomic E-state index is 12.7. The van der Waals surface area contributed by atoms with Gasteiger partial charge in [0.1, 0.15) is 18.3 Å². The van der Waals surface area contributed by atoms with Crippen LogP contribution < -0.4 is 0 Å². The van der Waals surface area contributed by atoms with Gasteiger partial charge in [-0.3, -0.25) is 4.79 Å². The first kappa shape index (κ1) is 15.2. The number of ether oxygens (including phenoxy) is 3. The number of fused-ring (bicyclic) bond motifs is 1. The van der Waals surface area contributed by atoms with Gasteiger partial charge in [-0.2, -0.15) is 0 Å². The first-order valence-corrected chi connectivity index (χ1v) is 9.56. The van der Waals surface area contributed by atoms with Crippen molar-refractivity contribution < 1.29 is 19.0 Å². The van der Waals surface area contributed by atoms with Gasteiger partial charge < -0.3 is 14.2 Å². The molecular weight excluding hydrogens is 304 g/mol. The molecule has 0 aromatic heterocycles. The quantitative estimate of drug-likeness (QED) is 0.636. The molecule has 5 rings (SSSR count). The zero-order valence-electron chi connectivity index (χ0n) is 15.0. The van der Waals surface area contributed by atoms with E-state index in [1.165, 1.54) is 0 Å². The van der Waals surface area contributed by atoms with Gasteiger partial charge in [-0.15, -0.1) is 0 Å². The molecule has 2 saturated carbocycles. The highest BCUT2D eigenvalue weighted by atomic mass is 16.6. The van der Waals surface area contributed by atoms with Gasteiger partial charge in [0, 0.05) is 11.3 Å². The van der Waals surface area contributed by atoms with E-state index in [0.29, 0.717) is 12.5 Å². The van der Waals surface area contributed by atoms with Crippen molar-refractivity contribution >= 4 is 5.97 Å². The fraction of sp³-hybridized carbons (Fsp3) is 0.850. The van der Waals surface area contributed by atoms with Crippen molar-refractivity contribution in [1.29, 1.82) is 0 Å². The summed E-state index contributed by atoms with van der Waals surface area (Å²) in [5.41, 5.74) is -0.746. The van der Waals surface area contributed by atoms with Crippen LogP contribution in [0, 0.1) is 22.7 Å². The van der Waals surface area contributed by atoms with E-state index >= 15 is 0 Å². The molecule has 3 heterocycles. The minimum Gasteiger partial charge on any atom is -0.498 e. The van der Waals surface area contributed by atoms with Crippen LogP contribution in [0.2, 0.25) is 0 Å². The molecule has 5 aliphatic rings. The predicted molar refractivity (Wildman–Crippen MR) is 88.1 cm³/mol. The lowest BCUT2D eigenvalue weighted by molar-refractivity contribution is -0.245. The van der Waals surface area contributed by atoms with Crippen LogP contribution >= 0.6 is 0 Å². The van der Waals surface area contributed by atoms with Crippen molar-refractivity contribution in [3.05, 3.63) is 12.3 Å². The minimum atomic E-state index is -0.327. The van der Waals surface area contributed by atoms with Crippen LogP contribution in [0.15, 0.2) is 12.3 Å². The summed E-state index contributed by atoms with van der Waals surface area (Å²) in [6.45, 7) is 7.47. The topological polar surface area (TPSA) is 44.8 Å². The van der Waals surface area contributed by atoms with E-state index < -0.39 is 0 Å². The molecule has 4 fully saturated rings. The van der Waals surface area contributed by atoms with Gasteiger partial charge in [0.15, 0.2) is 0 Å². The van der Waals surface area contributed by atoms with Gasteiger partial charge in [0.25, 0.3) is 0 Å². The van der Waals surface area contributed by atoms with Crippen LogP contribution in [0.25, 0.3) is 0 Å². The number of esters is 1. The van der Waals surface area contributed by atoms with Gasteiger partial charge in [-0.25, -0.2) is 0 Å². The molecule has 2 saturated heterocycles. The fourth-order valence-electron chi connectivity index (χ4n) is 7.23. The third-order valence-electron chi connectivity index (χ3n) is 8.31. The smallest absolute Gasteiger partial charge is 0.312 e. The molecule has 24 heavy (non-hydrogen) atoms. The van der Waals surface area contributed by atoms with Crippen LogP contribution in [0.3, 0.4) is 0 Å². The van der Waals surface area contributed by atoms with Crippen molar-refractivity contribution in [2.24, 2.45) is 22.7 Å². The Kier molecular flexibility index (Phi) is 2.78. The first-order valence-electron chi connectivity index (χ1n) is 9.56. The monoisotopic (exact) mass is 332 g/mol. The molecule has 0 aromatic carbocycles. The Labute approximate surface area is 143 Å². The van der Waals surface area contributed by atoms with Crippen LogP contribution in [0.1, 0.15) is 59.3 Å². The number of hydrogen-bond acceptors (Lipinski definition) is 4. The Morgan fingerprint density at radius 1 is 1.17 bits per heavy atom. The van der Waals surface area contributed by atoms with Crippen molar-refractivity contribution in [2.45, 2.75) is 76.6 Å². The highest BCUT2D eigenvalue weighted by Crippen LogP contribution is 2.70. The van der Waals surface area contributed by atoms with Crippen molar-refractivity contribution in [3.63, 3.8) is 0 Å². The Morgan fingerprint density at radius 3 is 2.75 bits per heavy atom. The lowest BCUT2D eigenvalue weighted by atomic mass is 9.44. The summed E-state index contributed by atoms with van der Waals surface area (Å²) >= 11 is 0.